The second kappa shape index (κ2) is 17.8. The van der Waals surface area contributed by atoms with Gasteiger partial charge in [0.15, 0.2) is 0 Å². The van der Waals surface area contributed by atoms with E-state index in [-0.39, 0.29) is 5.91 Å². The highest BCUT2D eigenvalue weighted by Crippen LogP contribution is 2.23. The van der Waals surface area contributed by atoms with Crippen molar-refractivity contribution in [1.82, 2.24) is 10.3 Å². The Balaban J connectivity index is 1.37. The van der Waals surface area contributed by atoms with Crippen LogP contribution in [0.4, 0.5) is 0 Å². The average Bonchev–Trinajstić information content (AvgIpc) is 3.32. The molecule has 0 spiro atoms. The number of rotatable bonds is 19. The molecular formula is C28H44N2OS. The van der Waals surface area contributed by atoms with Crippen molar-refractivity contribution in [3.05, 3.63) is 41.4 Å². The molecule has 0 aliphatic rings. The summed E-state index contributed by atoms with van der Waals surface area (Å²) in [7, 11) is 0. The largest absolute Gasteiger partial charge is 0.351 e. The predicted octanol–water partition coefficient (Wildman–Crippen LogP) is 8.80. The first kappa shape index (κ1) is 26.6. The molecule has 0 fully saturated rings. The molecule has 1 heterocycles. The smallest absolute Gasteiger partial charge is 0.270 e. The number of nitrogens with one attached hydrogen (secondary N) is 1. The van der Waals surface area contributed by atoms with Crippen molar-refractivity contribution >= 4 is 17.2 Å². The van der Waals surface area contributed by atoms with E-state index in [1.165, 1.54) is 108 Å². The van der Waals surface area contributed by atoms with Crippen LogP contribution in [0.2, 0.25) is 0 Å². The SMILES string of the molecule is CCCCCCCCCCCCCCCCCCNC(=O)c1csc(-c2ccccc2)n1. The topological polar surface area (TPSA) is 42.0 Å². The lowest BCUT2D eigenvalue weighted by Gasteiger charge is -2.04. The van der Waals surface area contributed by atoms with Crippen molar-refractivity contribution in [1.29, 1.82) is 0 Å². The zero-order valence-corrected chi connectivity index (χ0v) is 21.1. The van der Waals surface area contributed by atoms with Gasteiger partial charge < -0.3 is 5.32 Å². The van der Waals surface area contributed by atoms with Gasteiger partial charge in [-0.2, -0.15) is 0 Å². The third-order valence-electron chi connectivity index (χ3n) is 6.07. The zero-order chi connectivity index (χ0) is 22.7. The Morgan fingerprint density at radius 1 is 0.750 bits per heavy atom. The molecule has 1 N–H and O–H groups in total. The van der Waals surface area contributed by atoms with Crippen molar-refractivity contribution in [2.75, 3.05) is 6.54 Å². The summed E-state index contributed by atoms with van der Waals surface area (Å²) in [5, 5.41) is 5.77. The molecule has 0 aliphatic carbocycles. The Morgan fingerprint density at radius 3 is 1.78 bits per heavy atom. The normalized spacial score (nSPS) is 11.0. The van der Waals surface area contributed by atoms with Gasteiger partial charge in [-0.15, -0.1) is 11.3 Å². The lowest BCUT2D eigenvalue weighted by Crippen LogP contribution is -2.24. The van der Waals surface area contributed by atoms with Crippen molar-refractivity contribution in [2.45, 2.75) is 110 Å². The van der Waals surface area contributed by atoms with Gasteiger partial charge in [0.25, 0.3) is 5.91 Å². The molecule has 1 aromatic heterocycles. The molecule has 0 unspecified atom stereocenters. The van der Waals surface area contributed by atoms with Crippen molar-refractivity contribution in [3.8, 4) is 10.6 Å². The Kier molecular flexibility index (Phi) is 14.8. The lowest BCUT2D eigenvalue weighted by atomic mass is 10.0. The minimum atomic E-state index is -0.0515. The monoisotopic (exact) mass is 456 g/mol. The Bertz CT molecular complexity index is 713. The van der Waals surface area contributed by atoms with E-state index in [0.29, 0.717) is 5.69 Å². The van der Waals surface area contributed by atoms with Gasteiger partial charge in [-0.05, 0) is 6.42 Å². The molecule has 2 aromatic rings. The second-order valence-electron chi connectivity index (χ2n) is 8.96. The van der Waals surface area contributed by atoms with Gasteiger partial charge >= 0.3 is 0 Å². The fourth-order valence-electron chi connectivity index (χ4n) is 4.06. The van der Waals surface area contributed by atoms with Crippen LogP contribution in [0.5, 0.6) is 0 Å². The lowest BCUT2D eigenvalue weighted by molar-refractivity contribution is 0.0948. The highest BCUT2D eigenvalue weighted by atomic mass is 32.1. The molecule has 1 amide bonds. The number of hydrogen-bond acceptors (Lipinski definition) is 3. The molecule has 2 rings (SSSR count). The molecule has 0 atom stereocenters. The summed E-state index contributed by atoms with van der Waals surface area (Å²) < 4.78 is 0. The van der Waals surface area contributed by atoms with Gasteiger partial charge in [0.2, 0.25) is 0 Å². The molecule has 4 heteroatoms. The predicted molar refractivity (Wildman–Crippen MR) is 139 cm³/mol. The third-order valence-corrected chi connectivity index (χ3v) is 6.96. The van der Waals surface area contributed by atoms with E-state index in [0.717, 1.165) is 23.5 Å². The van der Waals surface area contributed by atoms with E-state index in [4.69, 9.17) is 0 Å². The summed E-state index contributed by atoms with van der Waals surface area (Å²) in [4.78, 5) is 16.8. The summed E-state index contributed by atoms with van der Waals surface area (Å²) in [6.45, 7) is 3.03. The number of thiazole rings is 1. The van der Waals surface area contributed by atoms with E-state index in [1.807, 2.05) is 35.7 Å². The van der Waals surface area contributed by atoms with Gasteiger partial charge in [0.1, 0.15) is 10.7 Å². The molecule has 0 bridgehead atoms. The summed E-state index contributed by atoms with van der Waals surface area (Å²) in [5.41, 5.74) is 1.60. The minimum absolute atomic E-state index is 0.0515. The summed E-state index contributed by atoms with van der Waals surface area (Å²) in [5.74, 6) is -0.0515. The maximum absolute atomic E-state index is 12.3. The van der Waals surface area contributed by atoms with Crippen LogP contribution in [0.3, 0.4) is 0 Å². The van der Waals surface area contributed by atoms with Crippen molar-refractivity contribution in [2.24, 2.45) is 0 Å². The van der Waals surface area contributed by atoms with Crippen LogP contribution in [-0.4, -0.2) is 17.4 Å². The fraction of sp³-hybridized carbons (Fsp3) is 0.643. The number of carbonyl (C=O) groups excluding carboxylic acids is 1. The molecule has 0 radical (unpaired) electrons. The molecular weight excluding hydrogens is 412 g/mol. The first-order valence-electron chi connectivity index (χ1n) is 13.1. The highest BCUT2D eigenvalue weighted by Gasteiger charge is 2.11. The number of carbonyl (C=O) groups is 1. The van der Waals surface area contributed by atoms with Crippen LogP contribution in [0, 0.1) is 0 Å². The van der Waals surface area contributed by atoms with Crippen LogP contribution >= 0.6 is 11.3 Å². The van der Waals surface area contributed by atoms with E-state index in [1.54, 1.807) is 0 Å². The van der Waals surface area contributed by atoms with Crippen molar-refractivity contribution in [3.63, 3.8) is 0 Å². The van der Waals surface area contributed by atoms with Crippen LogP contribution < -0.4 is 5.32 Å². The Morgan fingerprint density at radius 2 is 1.25 bits per heavy atom. The molecule has 178 valence electrons. The van der Waals surface area contributed by atoms with Gasteiger partial charge in [-0.1, -0.05) is 134 Å². The molecule has 0 aliphatic heterocycles. The van der Waals surface area contributed by atoms with Gasteiger partial charge in [0.05, 0.1) is 0 Å². The maximum Gasteiger partial charge on any atom is 0.270 e. The van der Waals surface area contributed by atoms with E-state index in [9.17, 15) is 4.79 Å². The minimum Gasteiger partial charge on any atom is -0.351 e. The van der Waals surface area contributed by atoms with Crippen LogP contribution in [-0.2, 0) is 0 Å². The highest BCUT2D eigenvalue weighted by molar-refractivity contribution is 7.13. The second-order valence-corrected chi connectivity index (χ2v) is 9.82. The number of hydrogen-bond donors (Lipinski definition) is 1. The maximum atomic E-state index is 12.3. The number of amides is 1. The van der Waals surface area contributed by atoms with E-state index >= 15 is 0 Å². The Labute approximate surface area is 200 Å². The average molecular weight is 457 g/mol. The first-order chi connectivity index (χ1) is 15.8. The molecule has 0 saturated heterocycles. The quantitative estimate of drug-likeness (QED) is 0.215. The zero-order valence-electron chi connectivity index (χ0n) is 20.2. The number of nitrogens with zero attached hydrogens (tertiary/aromatic N) is 1. The Hall–Kier alpha value is -1.68. The molecule has 3 nitrogen and oxygen atoms in total. The molecule has 1 aromatic carbocycles. The van der Waals surface area contributed by atoms with Gasteiger partial charge in [-0.3, -0.25) is 4.79 Å². The molecule has 32 heavy (non-hydrogen) atoms. The van der Waals surface area contributed by atoms with Crippen LogP contribution in [0.15, 0.2) is 35.7 Å². The number of aromatic nitrogens is 1. The summed E-state index contributed by atoms with van der Waals surface area (Å²) >= 11 is 1.52. The van der Waals surface area contributed by atoms with E-state index < -0.39 is 0 Å². The first-order valence-corrected chi connectivity index (χ1v) is 14.0. The van der Waals surface area contributed by atoms with Gasteiger partial charge in [-0.25, -0.2) is 4.98 Å². The number of benzene rings is 1. The van der Waals surface area contributed by atoms with Crippen LogP contribution in [0.1, 0.15) is 120 Å². The fourth-order valence-corrected chi connectivity index (χ4v) is 4.86. The van der Waals surface area contributed by atoms with Crippen LogP contribution in [0.25, 0.3) is 10.6 Å². The van der Waals surface area contributed by atoms with Gasteiger partial charge in [0, 0.05) is 17.5 Å². The third kappa shape index (κ3) is 11.8. The molecule has 0 saturated carbocycles. The summed E-state index contributed by atoms with van der Waals surface area (Å²) in [6, 6.07) is 10.0. The number of unbranched alkanes of at least 4 members (excludes halogenated alkanes) is 15. The van der Waals surface area contributed by atoms with E-state index in [2.05, 4.69) is 17.2 Å². The summed E-state index contributed by atoms with van der Waals surface area (Å²) in [6.07, 6.45) is 21.8. The van der Waals surface area contributed by atoms with Crippen molar-refractivity contribution < 1.29 is 4.79 Å². The standard InChI is InChI=1S/C28H44N2OS/c1-2-3-4-5-6-7-8-9-10-11-12-13-14-15-16-20-23-29-27(31)26-24-32-28(30-26)25-21-18-17-19-22-25/h17-19,21-22,24H,2-16,20,23H2,1H3,(H,29,31).